The molecule has 0 aliphatic carbocycles. The molecule has 5 rings (SSSR count). The van der Waals surface area contributed by atoms with E-state index < -0.39 is 60.0 Å². The van der Waals surface area contributed by atoms with Crippen molar-refractivity contribution in [2.24, 2.45) is 17.8 Å². The van der Waals surface area contributed by atoms with Crippen molar-refractivity contribution in [1.29, 1.82) is 0 Å². The van der Waals surface area contributed by atoms with Gasteiger partial charge in [-0.15, -0.1) is 0 Å². The number of aromatic amines is 1. The standard InChI is InChI=1S/C22H25N7O5.C15H24N2O7.C13H22N2O2S/c1-11(2)16(30)8-7-15(21(33)34)27-19(31)12-3-5-13(6-4-12)24-9-14-10-25-18-17(26-14)20(32)29-22(23)28-18;1-8(2)12(19)6-4-10(9(3)18)16-15(24)17-11(14(22)23)5-7-13(20)21;1-8(2)10(16)5-3-4-6-11-12-9(7-18-11)14-13(17)15-12/h3-6,10-11,15,24H,7-9H2,1-2H3,(H,27,31)(H,33,34)(H3,23,25,28,29,32);8,10-11H,4-7H2,1-3H3,(H,20,21)(H,22,23)(H2,16,17,24);8-9,11-12H,3-7H2,1-2H3,(H2,14,15,17)/t;10-,11-;9-,11-,12-/m.00/s1. The molecular formula is C50H71N11O14S. The number of carboxylic acids is 3. The van der Waals surface area contributed by atoms with Crippen LogP contribution in [0.3, 0.4) is 0 Å². The van der Waals surface area contributed by atoms with E-state index in [2.05, 4.69) is 51.8 Å². The van der Waals surface area contributed by atoms with E-state index in [9.17, 15) is 57.8 Å². The van der Waals surface area contributed by atoms with E-state index in [1.165, 1.54) is 13.1 Å². The third kappa shape index (κ3) is 21.4. The molecule has 0 radical (unpaired) electrons. The molecule has 25 nitrogen and oxygen atoms in total. The summed E-state index contributed by atoms with van der Waals surface area (Å²) in [5.74, 6) is -3.65. The normalized spacial score (nSPS) is 16.6. The first-order valence-corrected chi connectivity index (χ1v) is 26.0. The van der Waals surface area contributed by atoms with Gasteiger partial charge in [0.1, 0.15) is 29.4 Å². The molecule has 2 saturated heterocycles. The Kier molecular flexibility index (Phi) is 25.4. The first kappa shape index (κ1) is 62.8. The minimum atomic E-state index is -1.38. The molecule has 0 spiro atoms. The van der Waals surface area contributed by atoms with Crippen molar-refractivity contribution in [2.45, 2.75) is 155 Å². The molecule has 76 heavy (non-hydrogen) atoms. The lowest BCUT2D eigenvalue weighted by Gasteiger charge is -2.19. The number of nitrogen functional groups attached to an aromatic ring is 1. The van der Waals surface area contributed by atoms with Crippen LogP contribution in [0.15, 0.2) is 35.3 Å². The SMILES string of the molecule is CC(=O)[C@H](CCC(=O)C(C)C)NC(=O)N[C@@H](CCC(=O)O)C(=O)O.CC(C)C(=O)CCC(NC(=O)c1ccc(NCc2cnc3nc(N)[nH]c(=O)c3n2)cc1)C(=O)O.CC(C)C(=O)CCCC[C@@H]1SC[C@@H]2NC(=O)N[C@@H]21. The summed E-state index contributed by atoms with van der Waals surface area (Å²) in [4.78, 5) is 141. The van der Waals surface area contributed by atoms with E-state index in [-0.39, 0.29) is 102 Å². The van der Waals surface area contributed by atoms with Gasteiger partial charge in [0.25, 0.3) is 11.5 Å². The van der Waals surface area contributed by atoms with Crippen LogP contribution < -0.4 is 43.2 Å². The van der Waals surface area contributed by atoms with Gasteiger partial charge in [-0.3, -0.25) is 38.5 Å². The highest BCUT2D eigenvalue weighted by Gasteiger charge is 2.42. The smallest absolute Gasteiger partial charge is 0.326 e. The van der Waals surface area contributed by atoms with Crippen molar-refractivity contribution in [2.75, 3.05) is 16.8 Å². The van der Waals surface area contributed by atoms with Crippen LogP contribution in [0.1, 0.15) is 129 Å². The molecule has 416 valence electrons. The Morgan fingerprint density at radius 3 is 1.84 bits per heavy atom. The summed E-state index contributed by atoms with van der Waals surface area (Å²) in [7, 11) is 0. The Hall–Kier alpha value is -7.51. The summed E-state index contributed by atoms with van der Waals surface area (Å²) >= 11 is 1.94. The van der Waals surface area contributed by atoms with E-state index in [0.717, 1.165) is 25.0 Å². The number of hydrogen-bond donors (Lipinski definition) is 11. The van der Waals surface area contributed by atoms with Gasteiger partial charge in [0.2, 0.25) is 5.95 Å². The molecule has 2 fully saturated rings. The van der Waals surface area contributed by atoms with Crippen LogP contribution >= 0.6 is 11.8 Å². The molecule has 2 aliphatic heterocycles. The molecule has 4 heterocycles. The quantitative estimate of drug-likeness (QED) is 0.0384. The van der Waals surface area contributed by atoms with Crippen LogP contribution in [0.2, 0.25) is 0 Å². The van der Waals surface area contributed by atoms with Gasteiger partial charge < -0.3 is 53.0 Å². The van der Waals surface area contributed by atoms with Gasteiger partial charge in [-0.25, -0.2) is 29.1 Å². The number of aliphatic carboxylic acids is 3. The largest absolute Gasteiger partial charge is 0.481 e. The molecule has 12 N–H and O–H groups in total. The van der Waals surface area contributed by atoms with Gasteiger partial charge in [0, 0.05) is 65.7 Å². The molecule has 2 aliphatic rings. The number of ketones is 4. The monoisotopic (exact) mass is 1080 g/mol. The number of nitrogens with two attached hydrogens (primary N) is 1. The van der Waals surface area contributed by atoms with Crippen LogP contribution in [0.5, 0.6) is 0 Å². The summed E-state index contributed by atoms with van der Waals surface area (Å²) in [6.07, 6.45) is 4.95. The van der Waals surface area contributed by atoms with E-state index in [1.54, 1.807) is 52.0 Å². The van der Waals surface area contributed by atoms with Crippen molar-refractivity contribution >= 4 is 93.6 Å². The van der Waals surface area contributed by atoms with Crippen LogP contribution in [0.25, 0.3) is 11.2 Å². The minimum Gasteiger partial charge on any atom is -0.481 e. The molecule has 26 heteroatoms. The van der Waals surface area contributed by atoms with E-state index in [0.29, 0.717) is 40.9 Å². The maximum absolute atomic E-state index is 12.5. The summed E-state index contributed by atoms with van der Waals surface area (Å²) < 4.78 is 0. The Labute approximate surface area is 443 Å². The first-order chi connectivity index (χ1) is 35.7. The van der Waals surface area contributed by atoms with E-state index >= 15 is 0 Å². The molecule has 1 unspecified atom stereocenters. The Bertz CT molecular complexity index is 2610. The number of urea groups is 2. The number of thioether (sulfide) groups is 1. The van der Waals surface area contributed by atoms with E-state index in [1.807, 2.05) is 25.6 Å². The second kappa shape index (κ2) is 30.8. The number of carbonyl (C=O) groups is 10. The number of H-pyrrole nitrogens is 1. The van der Waals surface area contributed by atoms with Gasteiger partial charge in [-0.1, -0.05) is 48.0 Å². The zero-order valence-electron chi connectivity index (χ0n) is 43.7. The van der Waals surface area contributed by atoms with Gasteiger partial charge in [-0.2, -0.15) is 16.7 Å². The van der Waals surface area contributed by atoms with Gasteiger partial charge in [0.05, 0.1) is 36.6 Å². The molecular weight excluding hydrogens is 1010 g/mol. The Balaban J connectivity index is 0.000000317. The Morgan fingerprint density at radius 2 is 1.28 bits per heavy atom. The van der Waals surface area contributed by atoms with E-state index in [4.69, 9.17) is 15.9 Å². The third-order valence-electron chi connectivity index (χ3n) is 12.1. The molecule has 5 amide bonds. The minimum absolute atomic E-state index is 0.0229. The van der Waals surface area contributed by atoms with Crippen molar-refractivity contribution in [3.63, 3.8) is 0 Å². The predicted octanol–water partition coefficient (Wildman–Crippen LogP) is 3.60. The summed E-state index contributed by atoms with van der Waals surface area (Å²) in [5, 5.41) is 43.3. The number of anilines is 2. The zero-order chi connectivity index (χ0) is 56.8. The predicted molar refractivity (Wildman–Crippen MR) is 281 cm³/mol. The molecule has 0 saturated carbocycles. The van der Waals surface area contributed by atoms with Gasteiger partial charge >= 0.3 is 30.0 Å². The number of fused-ring (bicyclic) bond motifs is 2. The Morgan fingerprint density at radius 1 is 0.724 bits per heavy atom. The molecule has 3 aromatic rings. The van der Waals surface area contributed by atoms with Crippen molar-refractivity contribution in [3.8, 4) is 0 Å². The number of aromatic nitrogens is 4. The highest BCUT2D eigenvalue weighted by molar-refractivity contribution is 8.00. The topological polar surface area (TPSA) is 401 Å². The zero-order valence-corrected chi connectivity index (χ0v) is 44.5. The number of nitrogens with zero attached hydrogens (tertiary/aromatic N) is 3. The lowest BCUT2D eigenvalue weighted by atomic mass is 10.00. The fraction of sp³-hybridized carbons (Fsp3) is 0.560. The molecule has 6 atom stereocenters. The highest BCUT2D eigenvalue weighted by Crippen LogP contribution is 2.33. The number of rotatable bonds is 27. The second-order valence-electron chi connectivity index (χ2n) is 19.2. The fourth-order valence-corrected chi connectivity index (χ4v) is 9.02. The number of unbranched alkanes of at least 4 members (excludes halogenated alkanes) is 1. The van der Waals surface area contributed by atoms with Gasteiger partial charge in [0.15, 0.2) is 16.9 Å². The number of amides is 5. The maximum Gasteiger partial charge on any atom is 0.326 e. The first-order valence-electron chi connectivity index (χ1n) is 24.9. The van der Waals surface area contributed by atoms with Crippen LogP contribution in [-0.2, 0) is 40.1 Å². The highest BCUT2D eigenvalue weighted by atomic mass is 32.2. The van der Waals surface area contributed by atoms with Crippen molar-refractivity contribution in [1.82, 2.24) is 46.5 Å². The molecule has 0 bridgehead atoms. The number of hydrogen-bond acceptors (Lipinski definition) is 17. The van der Waals surface area contributed by atoms with Crippen molar-refractivity contribution in [3.05, 3.63) is 52.1 Å². The number of carboxylic acid groups (broad SMARTS) is 3. The van der Waals surface area contributed by atoms with Gasteiger partial charge in [-0.05, 0) is 63.3 Å². The summed E-state index contributed by atoms with van der Waals surface area (Å²) in [6, 6.07) is 2.61. The average molecular weight is 1080 g/mol. The molecule has 1 aromatic carbocycles. The lowest BCUT2D eigenvalue weighted by molar-refractivity contribution is -0.141. The van der Waals surface area contributed by atoms with Crippen molar-refractivity contribution < 1.29 is 63.3 Å². The number of benzene rings is 1. The fourth-order valence-electron chi connectivity index (χ4n) is 7.47. The number of nitrogens with one attached hydrogen (secondary N) is 7. The summed E-state index contributed by atoms with van der Waals surface area (Å²) in [5.41, 5.74) is 6.66. The van der Waals surface area contributed by atoms with Crippen LogP contribution in [-0.4, -0.2) is 135 Å². The third-order valence-corrected chi connectivity index (χ3v) is 13.7. The van der Waals surface area contributed by atoms with Crippen LogP contribution in [0, 0.1) is 17.8 Å². The van der Waals surface area contributed by atoms with Crippen LogP contribution in [0.4, 0.5) is 21.2 Å². The maximum atomic E-state index is 12.5. The lowest BCUT2D eigenvalue weighted by Crippen LogP contribution is -2.51. The number of carbonyl (C=O) groups excluding carboxylic acids is 7. The molecule has 2 aromatic heterocycles. The second-order valence-corrected chi connectivity index (χ2v) is 20.5. The average Bonchev–Trinajstić information content (AvgIpc) is 3.92. The number of Topliss-reactive ketones (excluding diaryl/α,β-unsaturated/α-hetero) is 4. The summed E-state index contributed by atoms with van der Waals surface area (Å²) in [6.45, 7) is 12.4.